The molecule has 3 N–H and O–H groups in total. The number of benzene rings is 1. The summed E-state index contributed by atoms with van der Waals surface area (Å²) in [6.07, 6.45) is 3.75. The standard InChI is InChI=1S/C23H34N2O2/c1-17(2)19-10-8-18(9-11-19)6-5-7-22(27)21-13-12-20(25(21)4)14-15-23(3,24)16-26/h8-13,17,26H,5-7,14-16,24H2,1-4H3. The summed E-state index contributed by atoms with van der Waals surface area (Å²) in [5, 5.41) is 9.28. The van der Waals surface area contributed by atoms with Crippen molar-refractivity contribution in [1.29, 1.82) is 0 Å². The van der Waals surface area contributed by atoms with E-state index in [1.807, 2.05) is 30.7 Å². The summed E-state index contributed by atoms with van der Waals surface area (Å²) in [6, 6.07) is 12.6. The van der Waals surface area contributed by atoms with Crippen molar-refractivity contribution < 1.29 is 9.90 Å². The van der Waals surface area contributed by atoms with E-state index in [-0.39, 0.29) is 12.4 Å². The zero-order valence-electron chi connectivity index (χ0n) is 17.2. The molecule has 1 heterocycles. The highest BCUT2D eigenvalue weighted by atomic mass is 16.3. The van der Waals surface area contributed by atoms with Crippen LogP contribution in [-0.4, -0.2) is 27.6 Å². The van der Waals surface area contributed by atoms with Gasteiger partial charge in [-0.05, 0) is 61.8 Å². The maximum atomic E-state index is 12.6. The SMILES string of the molecule is CC(C)c1ccc(CCCC(=O)c2ccc(CCC(C)(N)CO)n2C)cc1. The summed E-state index contributed by atoms with van der Waals surface area (Å²) < 4.78 is 1.97. The highest BCUT2D eigenvalue weighted by Gasteiger charge is 2.19. The highest BCUT2D eigenvalue weighted by Crippen LogP contribution is 2.18. The molecule has 0 fully saturated rings. The van der Waals surface area contributed by atoms with Crippen LogP contribution in [0.25, 0.3) is 0 Å². The summed E-state index contributed by atoms with van der Waals surface area (Å²) in [5.74, 6) is 0.724. The number of hydrogen-bond acceptors (Lipinski definition) is 3. The molecule has 2 aromatic rings. The molecule has 4 heteroatoms. The minimum Gasteiger partial charge on any atom is -0.394 e. The molecule has 1 aromatic heterocycles. The number of ketones is 1. The molecule has 0 amide bonds. The topological polar surface area (TPSA) is 68.2 Å². The molecule has 1 aromatic carbocycles. The first-order valence-corrected chi connectivity index (χ1v) is 9.90. The zero-order valence-corrected chi connectivity index (χ0v) is 17.2. The first kappa shape index (κ1) is 21.4. The molecule has 0 radical (unpaired) electrons. The van der Waals surface area contributed by atoms with Gasteiger partial charge in [0.25, 0.3) is 0 Å². The van der Waals surface area contributed by atoms with Crippen LogP contribution in [0.5, 0.6) is 0 Å². The fraction of sp³-hybridized carbons (Fsp3) is 0.522. The maximum absolute atomic E-state index is 12.6. The average molecular weight is 371 g/mol. The number of Topliss-reactive ketones (excluding diaryl/α,β-unsaturated/α-hetero) is 1. The van der Waals surface area contributed by atoms with E-state index < -0.39 is 5.54 Å². The monoisotopic (exact) mass is 370 g/mol. The van der Waals surface area contributed by atoms with Crippen molar-refractivity contribution in [1.82, 2.24) is 4.57 Å². The molecular weight excluding hydrogens is 336 g/mol. The Kier molecular flexibility index (Phi) is 7.40. The number of aliphatic hydroxyl groups is 1. The zero-order chi connectivity index (χ0) is 20.0. The fourth-order valence-electron chi connectivity index (χ4n) is 3.23. The molecule has 0 saturated heterocycles. The predicted octanol–water partition coefficient (Wildman–Crippen LogP) is 4.00. The Labute approximate surface area is 163 Å². The van der Waals surface area contributed by atoms with Gasteiger partial charge in [0.15, 0.2) is 5.78 Å². The van der Waals surface area contributed by atoms with Gasteiger partial charge in [-0.25, -0.2) is 0 Å². The lowest BCUT2D eigenvalue weighted by atomic mass is 9.97. The number of nitrogens with zero attached hydrogens (tertiary/aromatic N) is 1. The quantitative estimate of drug-likeness (QED) is 0.621. The second-order valence-corrected chi connectivity index (χ2v) is 8.25. The number of nitrogens with two attached hydrogens (primary N) is 1. The first-order chi connectivity index (χ1) is 12.7. The average Bonchev–Trinajstić information content (AvgIpc) is 3.01. The van der Waals surface area contributed by atoms with Gasteiger partial charge in [0.05, 0.1) is 12.3 Å². The third-order valence-electron chi connectivity index (χ3n) is 5.34. The largest absolute Gasteiger partial charge is 0.394 e. The van der Waals surface area contributed by atoms with Gasteiger partial charge < -0.3 is 15.4 Å². The van der Waals surface area contributed by atoms with E-state index in [0.29, 0.717) is 18.8 Å². The number of rotatable bonds is 10. The van der Waals surface area contributed by atoms with Crippen molar-refractivity contribution in [2.75, 3.05) is 6.61 Å². The lowest BCUT2D eigenvalue weighted by molar-refractivity contribution is 0.0972. The summed E-state index contributed by atoms with van der Waals surface area (Å²) >= 11 is 0. The van der Waals surface area contributed by atoms with E-state index in [1.54, 1.807) is 0 Å². The van der Waals surface area contributed by atoms with E-state index in [2.05, 4.69) is 38.1 Å². The molecule has 148 valence electrons. The van der Waals surface area contributed by atoms with Gasteiger partial charge in [-0.15, -0.1) is 0 Å². The molecule has 0 spiro atoms. The van der Waals surface area contributed by atoms with E-state index in [4.69, 9.17) is 5.73 Å². The molecule has 0 aliphatic carbocycles. The first-order valence-electron chi connectivity index (χ1n) is 9.90. The molecular formula is C23H34N2O2. The van der Waals surface area contributed by atoms with Crippen molar-refractivity contribution in [2.45, 2.75) is 64.3 Å². The summed E-state index contributed by atoms with van der Waals surface area (Å²) in [4.78, 5) is 12.6. The van der Waals surface area contributed by atoms with Crippen molar-refractivity contribution >= 4 is 5.78 Å². The van der Waals surface area contributed by atoms with E-state index >= 15 is 0 Å². The van der Waals surface area contributed by atoms with Crippen LogP contribution in [0.1, 0.15) is 73.3 Å². The second kappa shape index (κ2) is 9.34. The van der Waals surface area contributed by atoms with Gasteiger partial charge in [-0.1, -0.05) is 38.1 Å². The molecule has 1 unspecified atom stereocenters. The van der Waals surface area contributed by atoms with Gasteiger partial charge in [-0.3, -0.25) is 4.79 Å². The highest BCUT2D eigenvalue weighted by molar-refractivity contribution is 5.94. The van der Waals surface area contributed by atoms with Crippen molar-refractivity contribution in [3.8, 4) is 0 Å². The van der Waals surface area contributed by atoms with E-state index in [0.717, 1.165) is 30.7 Å². The molecule has 4 nitrogen and oxygen atoms in total. The normalized spacial score (nSPS) is 13.7. The number of aryl methyl sites for hydroxylation is 2. The van der Waals surface area contributed by atoms with Crippen molar-refractivity contribution in [2.24, 2.45) is 12.8 Å². The van der Waals surface area contributed by atoms with Crippen LogP contribution < -0.4 is 5.73 Å². The van der Waals surface area contributed by atoms with Crippen LogP contribution in [0, 0.1) is 0 Å². The number of carbonyl (C=O) groups excluding carboxylic acids is 1. The van der Waals surface area contributed by atoms with Gasteiger partial charge in [0.1, 0.15) is 0 Å². The minimum atomic E-state index is -0.584. The third kappa shape index (κ3) is 6.05. The van der Waals surface area contributed by atoms with Crippen molar-refractivity contribution in [3.05, 3.63) is 58.9 Å². The Morgan fingerprint density at radius 2 is 1.81 bits per heavy atom. The lowest BCUT2D eigenvalue weighted by Crippen LogP contribution is -2.40. The molecule has 1 atom stereocenters. The predicted molar refractivity (Wildman–Crippen MR) is 111 cm³/mol. The maximum Gasteiger partial charge on any atom is 0.179 e. The van der Waals surface area contributed by atoms with Crippen LogP contribution in [0.3, 0.4) is 0 Å². The van der Waals surface area contributed by atoms with Gasteiger partial charge in [0, 0.05) is 24.7 Å². The van der Waals surface area contributed by atoms with Crippen molar-refractivity contribution in [3.63, 3.8) is 0 Å². The second-order valence-electron chi connectivity index (χ2n) is 8.25. The summed E-state index contributed by atoms with van der Waals surface area (Å²) in [7, 11) is 1.93. The minimum absolute atomic E-state index is 0.0403. The van der Waals surface area contributed by atoms with E-state index in [9.17, 15) is 9.90 Å². The Morgan fingerprint density at radius 1 is 1.15 bits per heavy atom. The Bertz CT molecular complexity index is 742. The number of carbonyl (C=O) groups is 1. The summed E-state index contributed by atoms with van der Waals surface area (Å²) in [6.45, 7) is 6.19. The molecule has 0 saturated carbocycles. The van der Waals surface area contributed by atoms with Gasteiger partial charge in [-0.2, -0.15) is 0 Å². The third-order valence-corrected chi connectivity index (χ3v) is 5.34. The van der Waals surface area contributed by atoms with Crippen LogP contribution >= 0.6 is 0 Å². The van der Waals surface area contributed by atoms with Crippen LogP contribution in [0.2, 0.25) is 0 Å². The molecule has 0 aliphatic rings. The number of aromatic nitrogens is 1. The Balaban J connectivity index is 1.87. The Morgan fingerprint density at radius 3 is 2.41 bits per heavy atom. The summed E-state index contributed by atoms with van der Waals surface area (Å²) in [5.41, 5.74) is 9.88. The molecule has 2 rings (SSSR count). The van der Waals surface area contributed by atoms with Gasteiger partial charge in [0.2, 0.25) is 0 Å². The van der Waals surface area contributed by atoms with Crippen LogP contribution in [0.4, 0.5) is 0 Å². The van der Waals surface area contributed by atoms with Gasteiger partial charge >= 0.3 is 0 Å². The van der Waals surface area contributed by atoms with Crippen LogP contribution in [-0.2, 0) is 19.9 Å². The van der Waals surface area contributed by atoms with Crippen LogP contribution in [0.15, 0.2) is 36.4 Å². The smallest absolute Gasteiger partial charge is 0.179 e. The number of hydrogen-bond donors (Lipinski definition) is 2. The molecule has 0 bridgehead atoms. The Hall–Kier alpha value is -1.91. The fourth-order valence-corrected chi connectivity index (χ4v) is 3.23. The lowest BCUT2D eigenvalue weighted by Gasteiger charge is -2.21. The number of aliphatic hydroxyl groups excluding tert-OH is 1. The van der Waals surface area contributed by atoms with E-state index in [1.165, 1.54) is 11.1 Å². The molecule has 27 heavy (non-hydrogen) atoms. The molecule has 0 aliphatic heterocycles.